The molecule has 0 atom stereocenters. The number of hydrogen-bond donors (Lipinski definition) is 8. The van der Waals surface area contributed by atoms with Gasteiger partial charge in [-0.25, -0.2) is 19.9 Å². The molecule has 3 aromatic heterocycles. The van der Waals surface area contributed by atoms with E-state index in [9.17, 15) is 19.2 Å². The van der Waals surface area contributed by atoms with Gasteiger partial charge in [-0.2, -0.15) is 0 Å². The van der Waals surface area contributed by atoms with Crippen LogP contribution in [0.3, 0.4) is 0 Å². The van der Waals surface area contributed by atoms with E-state index in [0.29, 0.717) is 38.6 Å². The number of nitrogens with two attached hydrogens (primary N) is 6. The van der Waals surface area contributed by atoms with Crippen LogP contribution in [0.5, 0.6) is 0 Å². The molecule has 2 amide bonds. The minimum absolute atomic E-state index is 0.0790. The van der Waals surface area contributed by atoms with E-state index in [0.717, 1.165) is 0 Å². The zero-order valence-electron chi connectivity index (χ0n) is 25.5. The number of unbranched alkanes of at least 4 members (excludes halogenated alkanes) is 3. The molecule has 48 heavy (non-hydrogen) atoms. The van der Waals surface area contributed by atoms with Crippen LogP contribution in [0.25, 0.3) is 0 Å². The lowest BCUT2D eigenvalue weighted by Gasteiger charge is -2.07. The van der Waals surface area contributed by atoms with Gasteiger partial charge < -0.3 is 38.8 Å². The molecule has 0 saturated heterocycles. The number of aliphatic imine (C=N–C) groups is 2. The Bertz CT molecular complexity index is 1740. The van der Waals surface area contributed by atoms with E-state index in [4.69, 9.17) is 62.0 Å². The van der Waals surface area contributed by atoms with E-state index in [1.807, 2.05) is 0 Å². The van der Waals surface area contributed by atoms with Crippen LogP contribution in [-0.2, 0) is 0 Å². The fraction of sp³-hybridized carbons (Fsp3) is 0.333. The summed E-state index contributed by atoms with van der Waals surface area (Å²) >= 11 is 11.6. The number of carbonyl (C=O) groups excluding carboxylic acids is 4. The molecule has 0 aliphatic carbocycles. The van der Waals surface area contributed by atoms with E-state index in [-0.39, 0.29) is 99.4 Å². The smallest absolute Gasteiger partial charge is 0.280 e. The average Bonchev–Trinajstić information content (AvgIpc) is 3.53. The van der Waals surface area contributed by atoms with Crippen LogP contribution in [0, 0.1) is 0 Å². The summed E-state index contributed by atoms with van der Waals surface area (Å²) < 4.78 is 5.47. The Morgan fingerprint density at radius 2 is 1.02 bits per heavy atom. The number of amides is 2. The number of hydrogen-bond acceptors (Lipinski definition) is 15. The number of Topliss-reactive ketones (excluding diaryl/α,β-unsaturated/α-hetero) is 2. The highest BCUT2D eigenvalue weighted by Crippen LogP contribution is 2.19. The van der Waals surface area contributed by atoms with Gasteiger partial charge in [0, 0.05) is 25.9 Å². The SMILES string of the molecule is NC(=NCCCCCC(=O)c1ccc(C(=O)CCCCN=C(N)NC(=O)c2nc(Cl)c(N)nc2N)o1)NC(=O)c1nc(Cl)c(N)nc1N. The van der Waals surface area contributed by atoms with Crippen LogP contribution in [0.15, 0.2) is 26.5 Å². The minimum atomic E-state index is -0.760. The van der Waals surface area contributed by atoms with Gasteiger partial charge in [0.15, 0.2) is 80.0 Å². The predicted octanol–water partition coefficient (Wildman–Crippen LogP) is 1.08. The van der Waals surface area contributed by atoms with E-state index in [1.54, 1.807) is 0 Å². The van der Waals surface area contributed by atoms with Crippen molar-refractivity contribution in [2.45, 2.75) is 44.9 Å². The van der Waals surface area contributed by atoms with Gasteiger partial charge in [0.05, 0.1) is 0 Å². The summed E-state index contributed by atoms with van der Waals surface area (Å²) in [6, 6.07) is 2.93. The molecule has 21 heteroatoms. The number of carbonyl (C=O) groups is 4. The molecule has 14 N–H and O–H groups in total. The molecule has 19 nitrogen and oxygen atoms in total. The summed E-state index contributed by atoms with van der Waals surface area (Å²) in [5, 5.41) is 4.31. The van der Waals surface area contributed by atoms with Crippen molar-refractivity contribution in [1.82, 2.24) is 30.6 Å². The Morgan fingerprint density at radius 1 is 0.625 bits per heavy atom. The first-order valence-electron chi connectivity index (χ1n) is 14.3. The van der Waals surface area contributed by atoms with Gasteiger partial charge in [0.2, 0.25) is 0 Å². The van der Waals surface area contributed by atoms with Gasteiger partial charge in [-0.3, -0.25) is 39.8 Å². The molecule has 0 aromatic carbocycles. The highest BCUT2D eigenvalue weighted by atomic mass is 35.5. The maximum atomic E-state index is 12.5. The van der Waals surface area contributed by atoms with Crippen LogP contribution < -0.4 is 45.0 Å². The highest BCUT2D eigenvalue weighted by molar-refractivity contribution is 6.32. The third-order valence-electron chi connectivity index (χ3n) is 6.32. The third-order valence-corrected chi connectivity index (χ3v) is 6.87. The number of halogens is 2. The molecule has 3 rings (SSSR count). The molecular formula is C27H34Cl2N14O5. The quantitative estimate of drug-likeness (QED) is 0.0474. The van der Waals surface area contributed by atoms with Crippen molar-refractivity contribution >= 4 is 81.8 Å². The van der Waals surface area contributed by atoms with Crippen LogP contribution in [0.1, 0.15) is 87.0 Å². The van der Waals surface area contributed by atoms with E-state index >= 15 is 0 Å². The lowest BCUT2D eigenvalue weighted by molar-refractivity contribution is 0.0924. The van der Waals surface area contributed by atoms with Crippen LogP contribution in [0.2, 0.25) is 10.3 Å². The van der Waals surface area contributed by atoms with E-state index < -0.39 is 11.8 Å². The van der Waals surface area contributed by atoms with Crippen molar-refractivity contribution in [1.29, 1.82) is 0 Å². The highest BCUT2D eigenvalue weighted by Gasteiger charge is 2.19. The molecular weight excluding hydrogens is 671 g/mol. The normalized spacial score (nSPS) is 11.7. The van der Waals surface area contributed by atoms with Crippen LogP contribution >= 0.6 is 23.2 Å². The molecule has 0 aliphatic heterocycles. The fourth-order valence-corrected chi connectivity index (χ4v) is 4.16. The van der Waals surface area contributed by atoms with Crippen LogP contribution in [-0.4, -0.2) is 68.3 Å². The molecule has 3 aromatic rings. The van der Waals surface area contributed by atoms with Crippen molar-refractivity contribution in [3.63, 3.8) is 0 Å². The summed E-state index contributed by atoms with van der Waals surface area (Å²) in [5.74, 6) is -2.84. The maximum Gasteiger partial charge on any atom is 0.280 e. The molecule has 0 aliphatic rings. The standard InChI is InChI=1S/C27H34Cl2N14O5/c28-18-22(32)40-20(30)16(38-18)24(46)42-26(34)36-10-4-1-2-6-12(44)14-8-9-15(48-14)13(45)7-3-5-11-37-27(35)43-25(47)17-21(31)41-23(33)19(29)39-17/h8-9H,1-7,10-11H2,(H4,30,32,40)(H4,31,33,41)(H3,34,36,42,46)(H3,35,37,43,47). The number of ketones is 2. The number of furan rings is 1. The molecule has 0 spiro atoms. The number of aromatic nitrogens is 4. The molecule has 0 unspecified atom stereocenters. The lowest BCUT2D eigenvalue weighted by Crippen LogP contribution is -2.38. The first-order chi connectivity index (χ1) is 22.8. The van der Waals surface area contributed by atoms with Gasteiger partial charge in [0.1, 0.15) is 0 Å². The van der Waals surface area contributed by atoms with Gasteiger partial charge in [-0.05, 0) is 37.8 Å². The average molecular weight is 706 g/mol. The Hall–Kier alpha value is -5.56. The molecule has 0 bridgehead atoms. The number of nitrogen functional groups attached to an aromatic ring is 4. The van der Waals surface area contributed by atoms with E-state index in [1.165, 1.54) is 12.1 Å². The first kappa shape index (κ1) is 36.9. The van der Waals surface area contributed by atoms with Gasteiger partial charge in [0.25, 0.3) is 11.8 Å². The molecule has 3 heterocycles. The number of guanidine groups is 2. The summed E-state index contributed by atoms with van der Waals surface area (Å²) in [4.78, 5) is 72.7. The monoisotopic (exact) mass is 704 g/mol. The Labute approximate surface area is 283 Å². The third kappa shape index (κ3) is 10.8. The molecule has 0 fully saturated rings. The van der Waals surface area contributed by atoms with Crippen molar-refractivity contribution < 1.29 is 23.6 Å². The summed E-state index contributed by atoms with van der Waals surface area (Å²) in [7, 11) is 0. The second-order valence-electron chi connectivity index (χ2n) is 9.99. The maximum absolute atomic E-state index is 12.5. The fourth-order valence-electron chi connectivity index (χ4n) is 3.90. The van der Waals surface area contributed by atoms with E-state index in [2.05, 4.69) is 40.6 Å². The number of nitrogens with one attached hydrogen (secondary N) is 2. The molecule has 0 saturated carbocycles. The Morgan fingerprint density at radius 3 is 1.46 bits per heavy atom. The second kappa shape index (κ2) is 17.4. The van der Waals surface area contributed by atoms with Crippen molar-refractivity contribution in [2.24, 2.45) is 21.5 Å². The number of rotatable bonds is 15. The van der Waals surface area contributed by atoms with Gasteiger partial charge in [-0.15, -0.1) is 0 Å². The first-order valence-corrected chi connectivity index (χ1v) is 15.1. The largest absolute Gasteiger partial charge is 0.450 e. The minimum Gasteiger partial charge on any atom is -0.450 e. The van der Waals surface area contributed by atoms with Gasteiger partial charge in [-0.1, -0.05) is 29.6 Å². The number of anilines is 4. The summed E-state index contributed by atoms with van der Waals surface area (Å²) in [6.07, 6.45) is 3.05. The zero-order valence-corrected chi connectivity index (χ0v) is 27.0. The predicted molar refractivity (Wildman–Crippen MR) is 179 cm³/mol. The van der Waals surface area contributed by atoms with Crippen LogP contribution in [0.4, 0.5) is 23.3 Å². The Kier molecular flexibility index (Phi) is 13.4. The van der Waals surface area contributed by atoms with Crippen molar-refractivity contribution in [3.05, 3.63) is 45.3 Å². The van der Waals surface area contributed by atoms with Crippen molar-refractivity contribution in [2.75, 3.05) is 36.0 Å². The summed E-state index contributed by atoms with van der Waals surface area (Å²) in [6.45, 7) is 0.514. The summed E-state index contributed by atoms with van der Waals surface area (Å²) in [5.41, 5.74) is 33.2. The topological polar surface area (TPSA) is 338 Å². The lowest BCUT2D eigenvalue weighted by atomic mass is 10.1. The van der Waals surface area contributed by atoms with Gasteiger partial charge >= 0.3 is 0 Å². The second-order valence-corrected chi connectivity index (χ2v) is 10.7. The number of nitrogens with zero attached hydrogens (tertiary/aromatic N) is 6. The Balaban J connectivity index is 1.32. The molecule has 256 valence electrons. The molecule has 0 radical (unpaired) electrons. The van der Waals surface area contributed by atoms with Crippen molar-refractivity contribution in [3.8, 4) is 0 Å². The zero-order chi connectivity index (χ0) is 35.4.